The molecular formula is C21H19F2NO7. The third kappa shape index (κ3) is 5.14. The maximum atomic E-state index is 12.5. The van der Waals surface area contributed by atoms with Crippen LogP contribution in [0.15, 0.2) is 30.3 Å². The monoisotopic (exact) mass is 435 g/mol. The summed E-state index contributed by atoms with van der Waals surface area (Å²) in [7, 11) is 1.12. The van der Waals surface area contributed by atoms with Crippen LogP contribution >= 0.6 is 0 Å². The molecule has 0 fully saturated rings. The normalized spacial score (nSPS) is 12.8. The lowest BCUT2D eigenvalue weighted by atomic mass is 9.90. The number of esters is 1. The van der Waals surface area contributed by atoms with E-state index in [0.717, 1.165) is 44.4 Å². The zero-order chi connectivity index (χ0) is 22.5. The van der Waals surface area contributed by atoms with E-state index >= 15 is 0 Å². The third-order valence-corrected chi connectivity index (χ3v) is 4.92. The summed E-state index contributed by atoms with van der Waals surface area (Å²) in [6, 6.07) is 6.81. The molecule has 10 heteroatoms. The number of carbonyl (C=O) groups excluding carboxylic acids is 2. The second kappa shape index (κ2) is 9.50. The molecule has 1 aliphatic carbocycles. The number of halogens is 2. The highest BCUT2D eigenvalue weighted by Crippen LogP contribution is 2.36. The summed E-state index contributed by atoms with van der Waals surface area (Å²) < 4.78 is 39.1. The minimum Gasteiger partial charge on any atom is -0.493 e. The maximum absolute atomic E-state index is 12.5. The average molecular weight is 435 g/mol. The first-order chi connectivity index (χ1) is 14.8. The van der Waals surface area contributed by atoms with Gasteiger partial charge < -0.3 is 14.2 Å². The second-order valence-corrected chi connectivity index (χ2v) is 6.85. The van der Waals surface area contributed by atoms with Gasteiger partial charge in [-0.3, -0.25) is 14.9 Å². The fraction of sp³-hybridized carbons (Fsp3) is 0.333. The van der Waals surface area contributed by atoms with Crippen LogP contribution in [-0.4, -0.2) is 37.0 Å². The zero-order valence-corrected chi connectivity index (χ0v) is 16.6. The molecule has 0 atom stereocenters. The van der Waals surface area contributed by atoms with E-state index in [1.807, 2.05) is 6.07 Å². The average Bonchev–Trinajstić information content (AvgIpc) is 2.76. The number of Topliss-reactive ketones (excluding diaryl/α,β-unsaturated/α-hetero) is 1. The number of alkyl halides is 2. The molecule has 3 rings (SSSR count). The minimum absolute atomic E-state index is 0.320. The van der Waals surface area contributed by atoms with Crippen molar-refractivity contribution in [1.29, 1.82) is 0 Å². The topological polar surface area (TPSA) is 105 Å². The number of carbonyl (C=O) groups is 2. The van der Waals surface area contributed by atoms with Gasteiger partial charge in [0.15, 0.2) is 23.9 Å². The van der Waals surface area contributed by atoms with Gasteiger partial charge in [0.25, 0.3) is 5.69 Å². The molecule has 2 aromatic rings. The fourth-order valence-corrected chi connectivity index (χ4v) is 3.41. The number of benzene rings is 2. The van der Waals surface area contributed by atoms with Crippen molar-refractivity contribution < 1.29 is 37.5 Å². The number of nitrogens with zero attached hydrogens (tertiary/aromatic N) is 1. The van der Waals surface area contributed by atoms with Gasteiger partial charge in [0.1, 0.15) is 5.56 Å². The van der Waals surface area contributed by atoms with Gasteiger partial charge in [0.2, 0.25) is 0 Å². The Bertz CT molecular complexity index is 1020. The summed E-state index contributed by atoms with van der Waals surface area (Å²) >= 11 is 0. The van der Waals surface area contributed by atoms with E-state index in [-0.39, 0.29) is 5.75 Å². The number of fused-ring (bicyclic) bond motifs is 1. The van der Waals surface area contributed by atoms with E-state index in [1.165, 1.54) is 5.56 Å². The Kier molecular flexibility index (Phi) is 6.78. The Hall–Kier alpha value is -3.56. The smallest absolute Gasteiger partial charge is 0.387 e. The van der Waals surface area contributed by atoms with Crippen molar-refractivity contribution in [3.63, 3.8) is 0 Å². The summed E-state index contributed by atoms with van der Waals surface area (Å²) in [4.78, 5) is 35.2. The van der Waals surface area contributed by atoms with Gasteiger partial charge >= 0.3 is 12.6 Å². The second-order valence-electron chi connectivity index (χ2n) is 6.85. The summed E-state index contributed by atoms with van der Waals surface area (Å²) in [6.07, 6.45) is 3.96. The largest absolute Gasteiger partial charge is 0.493 e. The molecule has 0 heterocycles. The first-order valence-corrected chi connectivity index (χ1v) is 9.43. The summed E-state index contributed by atoms with van der Waals surface area (Å²) in [5.74, 6) is -2.56. The quantitative estimate of drug-likeness (QED) is 0.266. The molecule has 0 saturated carbocycles. The van der Waals surface area contributed by atoms with Crippen molar-refractivity contribution in [1.82, 2.24) is 0 Å². The number of aryl methyl sites for hydroxylation is 2. The highest BCUT2D eigenvalue weighted by molar-refractivity contribution is 6.00. The molecule has 0 radical (unpaired) electrons. The number of nitro benzene ring substituents is 1. The molecule has 164 valence electrons. The summed E-state index contributed by atoms with van der Waals surface area (Å²) in [5.41, 5.74) is 1.28. The fourth-order valence-electron chi connectivity index (χ4n) is 3.41. The molecule has 0 bridgehead atoms. The van der Waals surface area contributed by atoms with Crippen LogP contribution in [0.2, 0.25) is 0 Å². The lowest BCUT2D eigenvalue weighted by Crippen LogP contribution is -2.16. The van der Waals surface area contributed by atoms with Crippen LogP contribution in [0.25, 0.3) is 0 Å². The number of ether oxygens (including phenoxy) is 3. The van der Waals surface area contributed by atoms with Gasteiger partial charge in [-0.2, -0.15) is 8.78 Å². The van der Waals surface area contributed by atoms with E-state index < -0.39 is 46.9 Å². The maximum Gasteiger partial charge on any atom is 0.387 e. The number of hydrogen-bond donors (Lipinski definition) is 0. The molecule has 0 N–H and O–H groups in total. The SMILES string of the molecule is COc1cc(C(=O)OCC(=O)c2ccc3c(c2)CCCC3)c([N+](=O)[O-])cc1OC(F)F. The van der Waals surface area contributed by atoms with Crippen molar-refractivity contribution in [3.05, 3.63) is 62.7 Å². The van der Waals surface area contributed by atoms with Crippen LogP contribution in [0.1, 0.15) is 44.7 Å². The molecule has 8 nitrogen and oxygen atoms in total. The minimum atomic E-state index is -3.25. The molecule has 0 aliphatic heterocycles. The van der Waals surface area contributed by atoms with Crippen LogP contribution in [0.5, 0.6) is 11.5 Å². The predicted molar refractivity (Wildman–Crippen MR) is 104 cm³/mol. The number of ketones is 1. The van der Waals surface area contributed by atoms with Crippen LogP contribution < -0.4 is 9.47 Å². The van der Waals surface area contributed by atoms with Gasteiger partial charge in [-0.15, -0.1) is 0 Å². The van der Waals surface area contributed by atoms with E-state index in [9.17, 15) is 28.5 Å². The van der Waals surface area contributed by atoms with Gasteiger partial charge in [-0.1, -0.05) is 12.1 Å². The number of rotatable bonds is 8. The van der Waals surface area contributed by atoms with Crippen molar-refractivity contribution in [2.24, 2.45) is 0 Å². The highest BCUT2D eigenvalue weighted by Gasteiger charge is 2.27. The Balaban J connectivity index is 1.78. The standard InChI is InChI=1S/C21H19F2NO7/c1-29-18-9-15(16(24(27)28)10-19(18)31-21(22)23)20(26)30-11-17(25)14-7-6-12-4-2-3-5-13(12)8-14/h6-10,21H,2-5,11H2,1H3. The van der Waals surface area contributed by atoms with Gasteiger partial charge in [0, 0.05) is 11.6 Å². The van der Waals surface area contributed by atoms with Crippen LogP contribution in [0, 0.1) is 10.1 Å². The number of nitro groups is 1. The molecule has 0 aromatic heterocycles. The van der Waals surface area contributed by atoms with Crippen LogP contribution in [0.3, 0.4) is 0 Å². The molecule has 0 saturated heterocycles. The first-order valence-electron chi connectivity index (χ1n) is 9.43. The highest BCUT2D eigenvalue weighted by atomic mass is 19.3. The first kappa shape index (κ1) is 22.1. The van der Waals surface area contributed by atoms with Crippen LogP contribution in [-0.2, 0) is 17.6 Å². The van der Waals surface area contributed by atoms with E-state index in [4.69, 9.17) is 9.47 Å². The lowest BCUT2D eigenvalue weighted by molar-refractivity contribution is -0.385. The number of hydrogen-bond acceptors (Lipinski definition) is 7. The lowest BCUT2D eigenvalue weighted by Gasteiger charge is -2.16. The van der Waals surface area contributed by atoms with Gasteiger partial charge in [-0.25, -0.2) is 4.79 Å². The summed E-state index contributed by atoms with van der Waals surface area (Å²) in [5, 5.41) is 11.3. The molecule has 0 unspecified atom stereocenters. The summed E-state index contributed by atoms with van der Waals surface area (Å²) in [6.45, 7) is -3.88. The van der Waals surface area contributed by atoms with Crippen molar-refractivity contribution >= 4 is 17.4 Å². The van der Waals surface area contributed by atoms with E-state index in [2.05, 4.69) is 4.74 Å². The molecule has 31 heavy (non-hydrogen) atoms. The van der Waals surface area contributed by atoms with Gasteiger partial charge in [0.05, 0.1) is 18.1 Å². The molecule has 1 aliphatic rings. The predicted octanol–water partition coefficient (Wildman–Crippen LogP) is 4.12. The Morgan fingerprint density at radius 1 is 1.10 bits per heavy atom. The van der Waals surface area contributed by atoms with Crippen molar-refractivity contribution in [3.8, 4) is 11.5 Å². The molecule has 0 spiro atoms. The van der Waals surface area contributed by atoms with Gasteiger partial charge in [-0.05, 0) is 42.9 Å². The molecule has 2 aromatic carbocycles. The van der Waals surface area contributed by atoms with E-state index in [1.54, 1.807) is 12.1 Å². The Morgan fingerprint density at radius 3 is 2.45 bits per heavy atom. The van der Waals surface area contributed by atoms with Crippen molar-refractivity contribution in [2.75, 3.05) is 13.7 Å². The zero-order valence-electron chi connectivity index (χ0n) is 16.6. The van der Waals surface area contributed by atoms with Crippen molar-refractivity contribution in [2.45, 2.75) is 32.3 Å². The van der Waals surface area contributed by atoms with E-state index in [0.29, 0.717) is 11.6 Å². The molecular weight excluding hydrogens is 416 g/mol. The third-order valence-electron chi connectivity index (χ3n) is 4.92. The molecule has 0 amide bonds. The number of methoxy groups -OCH3 is 1. The Labute approximate surface area is 175 Å². The Morgan fingerprint density at radius 2 is 1.81 bits per heavy atom. The van der Waals surface area contributed by atoms with Crippen LogP contribution in [0.4, 0.5) is 14.5 Å².